The van der Waals surface area contributed by atoms with Gasteiger partial charge in [0, 0.05) is 17.8 Å². The van der Waals surface area contributed by atoms with E-state index in [9.17, 15) is 0 Å². The maximum atomic E-state index is 3.84. The van der Waals surface area contributed by atoms with Crippen molar-refractivity contribution in [1.29, 1.82) is 0 Å². The lowest BCUT2D eigenvalue weighted by Crippen LogP contribution is -2.39. The smallest absolute Gasteiger partial charge is 0.0172 e. The van der Waals surface area contributed by atoms with Gasteiger partial charge in [0.2, 0.25) is 0 Å². The second kappa shape index (κ2) is 6.65. The second-order valence-corrected chi connectivity index (χ2v) is 8.72. The van der Waals surface area contributed by atoms with Crippen LogP contribution in [0.4, 0.5) is 0 Å². The van der Waals surface area contributed by atoms with E-state index in [1.165, 1.54) is 57.2 Å². The minimum atomic E-state index is 0.518. The van der Waals surface area contributed by atoms with Crippen LogP contribution in [0.3, 0.4) is 0 Å². The lowest BCUT2D eigenvalue weighted by Gasteiger charge is -2.37. The molecule has 1 N–H and O–H groups in total. The van der Waals surface area contributed by atoms with Crippen LogP contribution in [0.25, 0.3) is 0 Å². The SMILES string of the molecule is CC(C)(C)C1CCC(NCC2CCCCS2)CC1. The highest BCUT2D eigenvalue weighted by Crippen LogP contribution is 2.37. The van der Waals surface area contributed by atoms with Crippen molar-refractivity contribution in [2.45, 2.75) is 77.0 Å². The molecule has 106 valence electrons. The van der Waals surface area contributed by atoms with Gasteiger partial charge in [-0.2, -0.15) is 11.8 Å². The Balaban J connectivity index is 1.64. The number of nitrogens with one attached hydrogen (secondary N) is 1. The molecule has 2 fully saturated rings. The Morgan fingerprint density at radius 1 is 1.00 bits per heavy atom. The first-order chi connectivity index (χ1) is 8.55. The highest BCUT2D eigenvalue weighted by atomic mass is 32.2. The number of hydrogen-bond donors (Lipinski definition) is 1. The summed E-state index contributed by atoms with van der Waals surface area (Å²) in [6, 6.07) is 0.811. The van der Waals surface area contributed by atoms with E-state index in [-0.39, 0.29) is 0 Å². The lowest BCUT2D eigenvalue weighted by molar-refractivity contribution is 0.160. The molecule has 1 aliphatic heterocycles. The fourth-order valence-electron chi connectivity index (χ4n) is 3.43. The first kappa shape index (κ1) is 14.7. The molecule has 1 nitrogen and oxygen atoms in total. The monoisotopic (exact) mass is 269 g/mol. The van der Waals surface area contributed by atoms with Crippen molar-refractivity contribution in [3.05, 3.63) is 0 Å². The Morgan fingerprint density at radius 2 is 1.72 bits per heavy atom. The molecule has 0 radical (unpaired) electrons. The zero-order valence-electron chi connectivity index (χ0n) is 12.5. The molecule has 0 spiro atoms. The van der Waals surface area contributed by atoms with E-state index in [1.54, 1.807) is 0 Å². The Labute approximate surface area is 118 Å². The van der Waals surface area contributed by atoms with Crippen LogP contribution in [-0.2, 0) is 0 Å². The molecular formula is C16H31NS. The minimum Gasteiger partial charge on any atom is -0.313 e. The van der Waals surface area contributed by atoms with Gasteiger partial charge in [-0.3, -0.25) is 0 Å². The summed E-state index contributed by atoms with van der Waals surface area (Å²) in [6.45, 7) is 8.48. The first-order valence-electron chi connectivity index (χ1n) is 7.90. The summed E-state index contributed by atoms with van der Waals surface area (Å²) in [5.41, 5.74) is 0.518. The van der Waals surface area contributed by atoms with Crippen molar-refractivity contribution < 1.29 is 0 Å². The van der Waals surface area contributed by atoms with Crippen molar-refractivity contribution in [2.75, 3.05) is 12.3 Å². The minimum absolute atomic E-state index is 0.518. The van der Waals surface area contributed by atoms with Crippen molar-refractivity contribution in [3.63, 3.8) is 0 Å². The van der Waals surface area contributed by atoms with E-state index < -0.39 is 0 Å². The molecule has 0 amide bonds. The van der Waals surface area contributed by atoms with E-state index in [0.29, 0.717) is 5.41 Å². The summed E-state index contributed by atoms with van der Waals surface area (Å²) in [6.07, 6.45) is 10.00. The van der Waals surface area contributed by atoms with E-state index in [1.807, 2.05) is 0 Å². The summed E-state index contributed by atoms with van der Waals surface area (Å²) in [4.78, 5) is 0. The highest BCUT2D eigenvalue weighted by molar-refractivity contribution is 7.99. The second-order valence-electron chi connectivity index (χ2n) is 7.31. The maximum absolute atomic E-state index is 3.84. The third-order valence-corrected chi connectivity index (χ3v) is 6.26. The van der Waals surface area contributed by atoms with Crippen LogP contribution in [0.1, 0.15) is 65.7 Å². The van der Waals surface area contributed by atoms with Crippen molar-refractivity contribution in [3.8, 4) is 0 Å². The van der Waals surface area contributed by atoms with E-state index in [0.717, 1.165) is 17.2 Å². The zero-order valence-corrected chi connectivity index (χ0v) is 13.3. The van der Waals surface area contributed by atoms with Gasteiger partial charge in [-0.15, -0.1) is 0 Å². The van der Waals surface area contributed by atoms with E-state index in [2.05, 4.69) is 37.8 Å². The zero-order chi connectivity index (χ0) is 13.0. The predicted octanol–water partition coefficient (Wildman–Crippen LogP) is 4.47. The maximum Gasteiger partial charge on any atom is 0.0172 e. The van der Waals surface area contributed by atoms with Gasteiger partial charge >= 0.3 is 0 Å². The van der Waals surface area contributed by atoms with E-state index >= 15 is 0 Å². The van der Waals surface area contributed by atoms with Gasteiger partial charge in [0.1, 0.15) is 0 Å². The van der Waals surface area contributed by atoms with Gasteiger partial charge < -0.3 is 5.32 Å². The van der Waals surface area contributed by atoms with Crippen LogP contribution in [0.15, 0.2) is 0 Å². The predicted molar refractivity (Wildman–Crippen MR) is 83.3 cm³/mol. The average Bonchev–Trinajstić information content (AvgIpc) is 2.37. The van der Waals surface area contributed by atoms with Crippen LogP contribution in [-0.4, -0.2) is 23.6 Å². The third-order valence-electron chi connectivity index (χ3n) is 4.86. The fraction of sp³-hybridized carbons (Fsp3) is 1.00. The molecule has 1 unspecified atom stereocenters. The van der Waals surface area contributed by atoms with Crippen LogP contribution >= 0.6 is 11.8 Å². The van der Waals surface area contributed by atoms with Gasteiger partial charge in [0.25, 0.3) is 0 Å². The lowest BCUT2D eigenvalue weighted by atomic mass is 9.71. The van der Waals surface area contributed by atoms with Crippen molar-refractivity contribution >= 4 is 11.8 Å². The molecular weight excluding hydrogens is 238 g/mol. The first-order valence-corrected chi connectivity index (χ1v) is 8.95. The summed E-state index contributed by atoms with van der Waals surface area (Å²) in [7, 11) is 0. The normalized spacial score (nSPS) is 34.5. The van der Waals surface area contributed by atoms with Gasteiger partial charge in [-0.25, -0.2) is 0 Å². The largest absolute Gasteiger partial charge is 0.313 e. The summed E-state index contributed by atoms with van der Waals surface area (Å²) < 4.78 is 0. The highest BCUT2D eigenvalue weighted by Gasteiger charge is 2.29. The molecule has 1 heterocycles. The standard InChI is InChI=1S/C16H31NS/c1-16(2,3)13-7-9-14(10-8-13)17-12-15-6-4-5-11-18-15/h13-15,17H,4-12H2,1-3H3. The molecule has 2 heteroatoms. The van der Waals surface area contributed by atoms with Crippen LogP contribution in [0, 0.1) is 11.3 Å². The molecule has 1 saturated heterocycles. The van der Waals surface area contributed by atoms with Crippen LogP contribution in [0.5, 0.6) is 0 Å². The molecule has 18 heavy (non-hydrogen) atoms. The molecule has 1 saturated carbocycles. The van der Waals surface area contributed by atoms with Gasteiger partial charge in [0.15, 0.2) is 0 Å². The van der Waals surface area contributed by atoms with Gasteiger partial charge in [-0.1, -0.05) is 27.2 Å². The molecule has 2 aliphatic rings. The topological polar surface area (TPSA) is 12.0 Å². The summed E-state index contributed by atoms with van der Waals surface area (Å²) in [5.74, 6) is 2.34. The number of hydrogen-bond acceptors (Lipinski definition) is 2. The third kappa shape index (κ3) is 4.45. The van der Waals surface area contributed by atoms with Crippen LogP contribution in [0.2, 0.25) is 0 Å². The van der Waals surface area contributed by atoms with Crippen molar-refractivity contribution in [2.24, 2.45) is 11.3 Å². The molecule has 0 aromatic carbocycles. The van der Waals surface area contributed by atoms with Gasteiger partial charge in [0.05, 0.1) is 0 Å². The molecule has 0 bridgehead atoms. The Morgan fingerprint density at radius 3 is 2.28 bits per heavy atom. The average molecular weight is 269 g/mol. The number of rotatable bonds is 3. The molecule has 1 aliphatic carbocycles. The molecule has 1 atom stereocenters. The number of thioether (sulfide) groups is 1. The quantitative estimate of drug-likeness (QED) is 0.811. The summed E-state index contributed by atoms with van der Waals surface area (Å²) >= 11 is 2.19. The van der Waals surface area contributed by atoms with Crippen LogP contribution < -0.4 is 5.32 Å². The summed E-state index contributed by atoms with van der Waals surface area (Å²) in [5, 5.41) is 4.74. The van der Waals surface area contributed by atoms with Gasteiger partial charge in [-0.05, 0) is 55.6 Å². The Hall–Kier alpha value is 0.310. The Bertz CT molecular complexity index is 232. The molecule has 2 rings (SSSR count). The fourth-order valence-corrected chi connectivity index (χ4v) is 4.68. The molecule has 0 aromatic heterocycles. The molecule has 0 aromatic rings. The van der Waals surface area contributed by atoms with E-state index in [4.69, 9.17) is 0 Å². The Kier molecular flexibility index (Phi) is 5.44. The van der Waals surface area contributed by atoms with Crippen molar-refractivity contribution in [1.82, 2.24) is 5.32 Å².